The fourth-order valence-corrected chi connectivity index (χ4v) is 8.52. The Balaban J connectivity index is 0.00000131. The topological polar surface area (TPSA) is 0 Å². The number of hydrogen-bond donors (Lipinski definition) is 0. The van der Waals surface area contributed by atoms with Crippen molar-refractivity contribution in [3.63, 3.8) is 0 Å². The van der Waals surface area contributed by atoms with Crippen molar-refractivity contribution in [2.24, 2.45) is 0 Å². The van der Waals surface area contributed by atoms with Crippen LogP contribution in [0.5, 0.6) is 0 Å². The number of rotatable bonds is 4. The van der Waals surface area contributed by atoms with Gasteiger partial charge in [-0.05, 0) is 0 Å². The van der Waals surface area contributed by atoms with Crippen molar-refractivity contribution < 1.29 is 0 Å². The first kappa shape index (κ1) is 21.3. The summed E-state index contributed by atoms with van der Waals surface area (Å²) in [6, 6.07) is 44.0. The normalized spacial score (nSPS) is 11.0. The molecule has 1 atom stereocenters. The van der Waals surface area contributed by atoms with E-state index < -0.39 is 7.26 Å². The van der Waals surface area contributed by atoms with Crippen LogP contribution in [0.15, 0.2) is 121 Å². The molecule has 4 rings (SSSR count). The van der Waals surface area contributed by atoms with Crippen LogP contribution in [-0.2, 0) is 0 Å². The average molecular weight is 411 g/mol. The molecule has 0 saturated heterocycles. The minimum atomic E-state index is -2.30. The summed E-state index contributed by atoms with van der Waals surface area (Å²) in [4.78, 5) is 0. The van der Waals surface area contributed by atoms with Gasteiger partial charge in [-0.1, -0.05) is 0 Å². The SMILES string of the molecule is Cl.P.c1ccc([PH](c2ccccc2)(c2ccccc2)c2ccccc2)cc1. The van der Waals surface area contributed by atoms with Gasteiger partial charge in [-0.2, -0.15) is 9.90 Å². The molecule has 0 amide bonds. The maximum atomic E-state index is 2.29. The van der Waals surface area contributed by atoms with Crippen molar-refractivity contribution in [2.75, 3.05) is 0 Å². The van der Waals surface area contributed by atoms with E-state index in [1.807, 2.05) is 0 Å². The van der Waals surface area contributed by atoms with Gasteiger partial charge in [0.15, 0.2) is 0 Å². The molecule has 0 aliphatic rings. The molecule has 0 aromatic heterocycles. The van der Waals surface area contributed by atoms with Crippen molar-refractivity contribution in [1.29, 1.82) is 0 Å². The molecule has 0 saturated carbocycles. The van der Waals surface area contributed by atoms with E-state index in [9.17, 15) is 0 Å². The molecule has 1 unspecified atom stereocenters. The molecule has 0 N–H and O–H groups in total. The van der Waals surface area contributed by atoms with Gasteiger partial charge in [0.2, 0.25) is 0 Å². The van der Waals surface area contributed by atoms with Crippen molar-refractivity contribution in [1.82, 2.24) is 0 Å². The molecular weight excluding hydrogens is 386 g/mol. The van der Waals surface area contributed by atoms with Crippen LogP contribution in [0.1, 0.15) is 0 Å². The summed E-state index contributed by atoms with van der Waals surface area (Å²) in [5.74, 6) is 0. The van der Waals surface area contributed by atoms with Gasteiger partial charge < -0.3 is 0 Å². The van der Waals surface area contributed by atoms with E-state index in [1.54, 1.807) is 0 Å². The Morgan fingerprint density at radius 1 is 0.333 bits per heavy atom. The molecule has 0 spiro atoms. The Kier molecular flexibility index (Phi) is 7.76. The van der Waals surface area contributed by atoms with Crippen LogP contribution >= 0.6 is 29.6 Å². The molecule has 4 aromatic rings. The van der Waals surface area contributed by atoms with Crippen molar-refractivity contribution >= 4 is 50.8 Å². The summed E-state index contributed by atoms with van der Waals surface area (Å²) in [7, 11) is -2.30. The van der Waals surface area contributed by atoms with Gasteiger partial charge in [0.05, 0.1) is 0 Å². The van der Waals surface area contributed by atoms with Crippen LogP contribution in [0.3, 0.4) is 0 Å². The number of benzene rings is 4. The van der Waals surface area contributed by atoms with E-state index in [0.717, 1.165) is 0 Å². The van der Waals surface area contributed by atoms with Gasteiger partial charge in [0.25, 0.3) is 0 Å². The third kappa shape index (κ3) is 3.99. The average Bonchev–Trinajstić information content (AvgIpc) is 2.72. The van der Waals surface area contributed by atoms with Crippen LogP contribution in [-0.4, -0.2) is 0 Å². The summed E-state index contributed by atoms with van der Waals surface area (Å²) < 4.78 is 0. The summed E-state index contributed by atoms with van der Waals surface area (Å²) >= 11 is 0. The van der Waals surface area contributed by atoms with Gasteiger partial charge in [-0.15, -0.1) is 12.4 Å². The molecule has 0 aliphatic heterocycles. The van der Waals surface area contributed by atoms with E-state index in [2.05, 4.69) is 121 Å². The number of halogens is 1. The van der Waals surface area contributed by atoms with E-state index in [1.165, 1.54) is 21.2 Å². The fraction of sp³-hybridized carbons (Fsp3) is 0. The third-order valence-electron chi connectivity index (χ3n) is 4.83. The molecule has 27 heavy (non-hydrogen) atoms. The Morgan fingerprint density at radius 2 is 0.519 bits per heavy atom. The molecule has 138 valence electrons. The van der Waals surface area contributed by atoms with E-state index in [-0.39, 0.29) is 22.3 Å². The summed E-state index contributed by atoms with van der Waals surface area (Å²) in [5.41, 5.74) is 0. The zero-order valence-corrected chi connectivity index (χ0v) is 18.4. The molecule has 0 radical (unpaired) electrons. The van der Waals surface area contributed by atoms with Gasteiger partial charge in [0.1, 0.15) is 0 Å². The molecule has 4 aromatic carbocycles. The van der Waals surface area contributed by atoms with Crippen LogP contribution in [0, 0.1) is 0 Å². The Labute approximate surface area is 172 Å². The summed E-state index contributed by atoms with van der Waals surface area (Å²) in [6.45, 7) is 0. The van der Waals surface area contributed by atoms with E-state index in [0.29, 0.717) is 0 Å². The fourth-order valence-electron chi connectivity index (χ4n) is 3.75. The van der Waals surface area contributed by atoms with Gasteiger partial charge in [-0.25, -0.2) is 0 Å². The second-order valence-corrected chi connectivity index (χ2v) is 10.0. The Hall–Kier alpha value is -1.97. The maximum absolute atomic E-state index is 2.30. The monoisotopic (exact) mass is 410 g/mol. The number of hydrogen-bond acceptors (Lipinski definition) is 0. The van der Waals surface area contributed by atoms with Gasteiger partial charge >= 0.3 is 150 Å². The first-order chi connectivity index (χ1) is 12.4. The molecule has 0 fully saturated rings. The first-order valence-electron chi connectivity index (χ1n) is 8.64. The second-order valence-electron chi connectivity index (χ2n) is 6.21. The predicted molar refractivity (Wildman–Crippen MR) is 131 cm³/mol. The second kappa shape index (κ2) is 9.82. The van der Waals surface area contributed by atoms with Crippen LogP contribution in [0.25, 0.3) is 0 Å². The molecule has 0 bridgehead atoms. The van der Waals surface area contributed by atoms with E-state index in [4.69, 9.17) is 0 Å². The summed E-state index contributed by atoms with van der Waals surface area (Å²) in [6.07, 6.45) is 0. The van der Waals surface area contributed by atoms with E-state index >= 15 is 0 Å². The minimum absolute atomic E-state index is 0. The van der Waals surface area contributed by atoms with Crippen molar-refractivity contribution in [3.8, 4) is 0 Å². The van der Waals surface area contributed by atoms with Crippen molar-refractivity contribution in [3.05, 3.63) is 121 Å². The van der Waals surface area contributed by atoms with Gasteiger partial charge in [0, 0.05) is 0 Å². The zero-order valence-electron chi connectivity index (χ0n) is 15.2. The molecule has 0 heterocycles. The molecule has 0 aliphatic carbocycles. The van der Waals surface area contributed by atoms with Crippen LogP contribution in [0.2, 0.25) is 0 Å². The Morgan fingerprint density at radius 3 is 0.704 bits per heavy atom. The predicted octanol–water partition coefficient (Wildman–Crippen LogP) is 4.52. The van der Waals surface area contributed by atoms with Gasteiger partial charge in [-0.3, -0.25) is 0 Å². The summed E-state index contributed by atoms with van der Waals surface area (Å²) in [5, 5.41) is 5.66. The Bertz CT molecular complexity index is 763. The third-order valence-corrected chi connectivity index (χ3v) is 9.62. The standard InChI is InChI=1S/C24H21P.ClH.H3P/c1-5-13-21(14-6-1)25(22-15-7-2-8-16-22,23-17-9-3-10-18-23)24-19-11-4-12-20-24;;/h1-20,25H;1H;1H3. The zero-order chi connectivity index (χ0) is 17.0. The quantitative estimate of drug-likeness (QED) is 0.434. The van der Waals surface area contributed by atoms with Crippen molar-refractivity contribution in [2.45, 2.75) is 0 Å². The molecule has 3 heteroatoms. The first-order valence-corrected chi connectivity index (χ1v) is 10.6. The van der Waals surface area contributed by atoms with Crippen LogP contribution < -0.4 is 21.2 Å². The molecular formula is C24H25ClP2. The molecule has 0 nitrogen and oxygen atoms in total. The van der Waals surface area contributed by atoms with Crippen LogP contribution in [0.4, 0.5) is 0 Å².